The van der Waals surface area contributed by atoms with Crippen molar-refractivity contribution in [2.24, 2.45) is 0 Å². The summed E-state index contributed by atoms with van der Waals surface area (Å²) in [6.45, 7) is 0. The summed E-state index contributed by atoms with van der Waals surface area (Å²) in [6, 6.07) is 11.1. The molecule has 1 unspecified atom stereocenters. The molecule has 4 heteroatoms. The monoisotopic (exact) mass is 259 g/mol. The lowest BCUT2D eigenvalue weighted by molar-refractivity contribution is -0.137. The summed E-state index contributed by atoms with van der Waals surface area (Å²) in [5, 5.41) is 12.0. The van der Waals surface area contributed by atoms with Gasteiger partial charge in [0.15, 0.2) is 6.10 Å². The summed E-state index contributed by atoms with van der Waals surface area (Å²) in [7, 11) is 4.87. The average molecular weight is 259 g/mol. The zero-order chi connectivity index (χ0) is 14.0. The molecule has 0 bridgehead atoms. The van der Waals surface area contributed by atoms with Gasteiger partial charge in [0.1, 0.15) is 5.75 Å². The number of nitrogens with zero attached hydrogens (tertiary/aromatic N) is 1. The fraction of sp³-hybridized carbons (Fsp3) is 0.267. The Morgan fingerprint density at radius 1 is 1.16 bits per heavy atom. The van der Waals surface area contributed by atoms with Crippen molar-refractivity contribution >= 4 is 16.7 Å². The highest BCUT2D eigenvalue weighted by molar-refractivity contribution is 5.87. The molecule has 0 aromatic heterocycles. The fourth-order valence-corrected chi connectivity index (χ4v) is 1.93. The van der Waals surface area contributed by atoms with Crippen LogP contribution in [0.4, 0.5) is 0 Å². The highest BCUT2D eigenvalue weighted by atomic mass is 16.5. The number of likely N-dealkylation sites (N-methyl/N-ethyl adjacent to an activating group) is 1. The van der Waals surface area contributed by atoms with E-state index in [1.807, 2.05) is 30.3 Å². The van der Waals surface area contributed by atoms with E-state index in [0.29, 0.717) is 5.56 Å². The van der Waals surface area contributed by atoms with Crippen LogP contribution in [-0.2, 0) is 4.79 Å². The zero-order valence-electron chi connectivity index (χ0n) is 11.3. The Bertz CT molecular complexity index is 607. The number of carbonyl (C=O) groups excluding carboxylic acids is 1. The molecular weight excluding hydrogens is 242 g/mol. The molecule has 2 aromatic carbocycles. The summed E-state index contributed by atoms with van der Waals surface area (Å²) in [5.41, 5.74) is 0.594. The maximum absolute atomic E-state index is 11.7. The van der Waals surface area contributed by atoms with E-state index in [1.165, 1.54) is 4.90 Å². The van der Waals surface area contributed by atoms with Gasteiger partial charge in [-0.2, -0.15) is 0 Å². The number of methoxy groups -OCH3 is 1. The molecule has 100 valence electrons. The second-order valence-corrected chi connectivity index (χ2v) is 4.61. The van der Waals surface area contributed by atoms with Crippen LogP contribution in [0.15, 0.2) is 36.4 Å². The first kappa shape index (κ1) is 13.4. The number of aliphatic hydroxyl groups is 1. The topological polar surface area (TPSA) is 49.8 Å². The first-order valence-corrected chi connectivity index (χ1v) is 6.00. The van der Waals surface area contributed by atoms with Gasteiger partial charge in [-0.3, -0.25) is 4.79 Å². The van der Waals surface area contributed by atoms with Gasteiger partial charge in [0.25, 0.3) is 5.91 Å². The molecule has 0 aliphatic heterocycles. The predicted octanol–water partition coefficient (Wildman–Crippen LogP) is 1.97. The fourth-order valence-electron chi connectivity index (χ4n) is 1.93. The summed E-state index contributed by atoms with van der Waals surface area (Å²) in [5.74, 6) is 0.457. The first-order chi connectivity index (χ1) is 9.02. The van der Waals surface area contributed by atoms with Crippen LogP contribution in [0.3, 0.4) is 0 Å². The van der Waals surface area contributed by atoms with E-state index in [0.717, 1.165) is 16.5 Å². The molecule has 0 radical (unpaired) electrons. The molecule has 0 saturated heterocycles. The number of ether oxygens (including phenoxy) is 1. The van der Waals surface area contributed by atoms with Crippen molar-refractivity contribution in [3.63, 3.8) is 0 Å². The third kappa shape index (κ3) is 2.69. The van der Waals surface area contributed by atoms with E-state index in [-0.39, 0.29) is 5.91 Å². The van der Waals surface area contributed by atoms with Gasteiger partial charge in [-0.15, -0.1) is 0 Å². The summed E-state index contributed by atoms with van der Waals surface area (Å²) < 4.78 is 5.16. The molecule has 0 fully saturated rings. The first-order valence-electron chi connectivity index (χ1n) is 6.00. The van der Waals surface area contributed by atoms with Gasteiger partial charge in [-0.05, 0) is 34.5 Å². The van der Waals surface area contributed by atoms with Gasteiger partial charge in [-0.25, -0.2) is 0 Å². The Morgan fingerprint density at radius 3 is 2.42 bits per heavy atom. The lowest BCUT2D eigenvalue weighted by Crippen LogP contribution is -2.27. The second kappa shape index (κ2) is 5.28. The molecule has 1 N–H and O–H groups in total. The van der Waals surface area contributed by atoms with E-state index >= 15 is 0 Å². The van der Waals surface area contributed by atoms with E-state index in [2.05, 4.69) is 0 Å². The Morgan fingerprint density at radius 2 is 1.79 bits per heavy atom. The summed E-state index contributed by atoms with van der Waals surface area (Å²) in [6.07, 6.45) is -1.12. The molecule has 0 spiro atoms. The molecule has 1 amide bonds. The van der Waals surface area contributed by atoms with Crippen molar-refractivity contribution in [2.45, 2.75) is 6.10 Å². The third-order valence-electron chi connectivity index (χ3n) is 3.06. The highest BCUT2D eigenvalue weighted by Crippen LogP contribution is 2.24. The van der Waals surface area contributed by atoms with E-state index in [9.17, 15) is 9.90 Å². The van der Waals surface area contributed by atoms with E-state index < -0.39 is 6.10 Å². The lowest BCUT2D eigenvalue weighted by atomic mass is 10.0. The molecule has 2 rings (SSSR count). The molecule has 19 heavy (non-hydrogen) atoms. The minimum Gasteiger partial charge on any atom is -0.497 e. The van der Waals surface area contributed by atoms with Crippen LogP contribution >= 0.6 is 0 Å². The molecule has 0 saturated carbocycles. The highest BCUT2D eigenvalue weighted by Gasteiger charge is 2.19. The number of hydrogen-bond donors (Lipinski definition) is 1. The minimum absolute atomic E-state index is 0.326. The van der Waals surface area contributed by atoms with E-state index in [1.54, 1.807) is 27.3 Å². The minimum atomic E-state index is -1.12. The quantitative estimate of drug-likeness (QED) is 0.916. The van der Waals surface area contributed by atoms with Gasteiger partial charge < -0.3 is 14.7 Å². The van der Waals surface area contributed by atoms with Gasteiger partial charge in [0.05, 0.1) is 7.11 Å². The van der Waals surface area contributed by atoms with Crippen LogP contribution in [0.1, 0.15) is 11.7 Å². The average Bonchev–Trinajstić information content (AvgIpc) is 2.44. The maximum atomic E-state index is 11.7. The number of rotatable bonds is 3. The van der Waals surface area contributed by atoms with Gasteiger partial charge in [0.2, 0.25) is 0 Å². The number of amides is 1. The van der Waals surface area contributed by atoms with Crippen LogP contribution in [0, 0.1) is 0 Å². The largest absolute Gasteiger partial charge is 0.497 e. The van der Waals surface area contributed by atoms with Gasteiger partial charge in [-0.1, -0.05) is 18.2 Å². The smallest absolute Gasteiger partial charge is 0.255 e. The molecule has 0 aliphatic carbocycles. The van der Waals surface area contributed by atoms with Crippen molar-refractivity contribution in [3.8, 4) is 5.75 Å². The van der Waals surface area contributed by atoms with Crippen molar-refractivity contribution in [2.75, 3.05) is 21.2 Å². The number of benzene rings is 2. The molecule has 0 heterocycles. The molecule has 2 aromatic rings. The van der Waals surface area contributed by atoms with Crippen LogP contribution in [0.5, 0.6) is 5.75 Å². The number of aliphatic hydroxyl groups excluding tert-OH is 1. The molecular formula is C15H17NO3. The normalized spacial score (nSPS) is 12.2. The number of carbonyl (C=O) groups is 1. The Kier molecular flexibility index (Phi) is 3.71. The molecule has 1 atom stereocenters. The summed E-state index contributed by atoms with van der Waals surface area (Å²) >= 11 is 0. The Labute approximate surface area is 112 Å². The maximum Gasteiger partial charge on any atom is 0.255 e. The van der Waals surface area contributed by atoms with Crippen molar-refractivity contribution in [1.82, 2.24) is 4.90 Å². The lowest BCUT2D eigenvalue weighted by Gasteiger charge is -2.16. The van der Waals surface area contributed by atoms with E-state index in [4.69, 9.17) is 4.74 Å². The van der Waals surface area contributed by atoms with Crippen LogP contribution in [-0.4, -0.2) is 37.1 Å². The Balaban J connectivity index is 2.39. The van der Waals surface area contributed by atoms with Gasteiger partial charge in [0, 0.05) is 14.1 Å². The molecule has 4 nitrogen and oxygen atoms in total. The Hall–Kier alpha value is -2.07. The van der Waals surface area contributed by atoms with Crippen molar-refractivity contribution < 1.29 is 14.6 Å². The van der Waals surface area contributed by atoms with Crippen molar-refractivity contribution in [1.29, 1.82) is 0 Å². The zero-order valence-corrected chi connectivity index (χ0v) is 11.3. The second-order valence-electron chi connectivity index (χ2n) is 4.61. The predicted molar refractivity (Wildman–Crippen MR) is 74.2 cm³/mol. The van der Waals surface area contributed by atoms with Crippen LogP contribution in [0.2, 0.25) is 0 Å². The number of hydrogen-bond acceptors (Lipinski definition) is 3. The SMILES string of the molecule is COc1ccc2cc(C(O)C(=O)N(C)C)ccc2c1. The third-order valence-corrected chi connectivity index (χ3v) is 3.06. The summed E-state index contributed by atoms with van der Waals surface area (Å²) in [4.78, 5) is 13.1. The molecule has 0 aliphatic rings. The van der Waals surface area contributed by atoms with Gasteiger partial charge >= 0.3 is 0 Å². The number of fused-ring (bicyclic) bond motifs is 1. The van der Waals surface area contributed by atoms with Crippen LogP contribution in [0.25, 0.3) is 10.8 Å². The van der Waals surface area contributed by atoms with Crippen molar-refractivity contribution in [3.05, 3.63) is 42.0 Å². The van der Waals surface area contributed by atoms with Crippen LogP contribution < -0.4 is 4.74 Å². The standard InChI is InChI=1S/C15H17NO3/c1-16(2)15(18)14(17)12-5-4-11-9-13(19-3)7-6-10(11)8-12/h4-9,14,17H,1-3H3.